The Kier molecular flexibility index (Phi) is 21.5. The molecule has 39 heavy (non-hydrogen) atoms. The van der Waals surface area contributed by atoms with E-state index in [9.17, 15) is 20.1 Å². The van der Waals surface area contributed by atoms with Gasteiger partial charge < -0.3 is 20.1 Å². The molecule has 0 radical (unpaired) electrons. The lowest BCUT2D eigenvalue weighted by atomic mass is 9.85. The van der Waals surface area contributed by atoms with Crippen LogP contribution < -0.4 is 0 Å². The van der Waals surface area contributed by atoms with Gasteiger partial charge in [-0.15, -0.1) is 0 Å². The zero-order valence-electron chi connectivity index (χ0n) is 25.3. The highest BCUT2D eigenvalue weighted by atomic mass is 16.5. The lowest BCUT2D eigenvalue weighted by Gasteiger charge is -2.32. The maximum atomic E-state index is 13.2. The van der Waals surface area contributed by atoms with Crippen LogP contribution in [0.2, 0.25) is 0 Å². The van der Waals surface area contributed by atoms with Crippen LogP contribution in [0.25, 0.3) is 0 Å². The maximum absolute atomic E-state index is 13.2. The molecule has 1 heterocycles. The first kappa shape index (κ1) is 35.8. The van der Waals surface area contributed by atoms with Crippen molar-refractivity contribution >= 4 is 12.2 Å². The Morgan fingerprint density at radius 2 is 1.18 bits per heavy atom. The van der Waals surface area contributed by atoms with Crippen LogP contribution in [0.15, 0.2) is 17.1 Å². The van der Waals surface area contributed by atoms with Gasteiger partial charge >= 0.3 is 5.97 Å². The van der Waals surface area contributed by atoms with Gasteiger partial charge in [0, 0.05) is 12.1 Å². The van der Waals surface area contributed by atoms with E-state index in [-0.39, 0.29) is 0 Å². The molecular formula is C33H61NO5. The largest absolute Gasteiger partial charge is 0.463 e. The second-order valence-corrected chi connectivity index (χ2v) is 11.7. The van der Waals surface area contributed by atoms with Crippen LogP contribution in [0, 0.1) is 11.8 Å². The van der Waals surface area contributed by atoms with Crippen molar-refractivity contribution < 1.29 is 24.9 Å². The molecule has 0 amide bonds. The summed E-state index contributed by atoms with van der Waals surface area (Å²) in [6.45, 7) is 3.96. The fraction of sp³-hybridized carbons (Fsp3) is 0.879. The van der Waals surface area contributed by atoms with Gasteiger partial charge in [-0.1, -0.05) is 129 Å². The highest BCUT2D eigenvalue weighted by Gasteiger charge is 2.48. The van der Waals surface area contributed by atoms with Crippen LogP contribution in [-0.2, 0) is 9.53 Å². The smallest absolute Gasteiger partial charge is 0.340 e. The van der Waals surface area contributed by atoms with E-state index in [2.05, 4.69) is 18.8 Å². The van der Waals surface area contributed by atoms with Crippen molar-refractivity contribution in [3.05, 3.63) is 12.2 Å². The standard InChI is InChI=1S/C33H61NO5/c1-3-5-7-9-11-13-14-16-18-20-23-29(22-19-17-15-12-10-8-6-4-2)28-39-32(38)33(24-21-25-34-33)31(37)30(26-35)27-36/h21,24-25,29-31,35-37H,3-20,22-23,26-28H2,1-2H3. The fourth-order valence-electron chi connectivity index (χ4n) is 5.54. The van der Waals surface area contributed by atoms with Crippen molar-refractivity contribution in [2.24, 2.45) is 16.8 Å². The zero-order valence-corrected chi connectivity index (χ0v) is 25.3. The Balaban J connectivity index is 2.52. The Morgan fingerprint density at radius 1 is 0.744 bits per heavy atom. The molecule has 1 aliphatic heterocycles. The summed E-state index contributed by atoms with van der Waals surface area (Å²) in [6.07, 6.45) is 28.6. The van der Waals surface area contributed by atoms with Crippen LogP contribution in [0.1, 0.15) is 142 Å². The van der Waals surface area contributed by atoms with Crippen LogP contribution in [0.3, 0.4) is 0 Å². The lowest BCUT2D eigenvalue weighted by molar-refractivity contribution is -0.155. The SMILES string of the molecule is CCCCCCCCCCCCC(CCCCCCCCCC)COC(=O)C1(C(O)C(CO)CO)C=CC=N1. The number of carbonyl (C=O) groups is 1. The number of hydrogen-bond acceptors (Lipinski definition) is 6. The van der Waals surface area contributed by atoms with Crippen LogP contribution >= 0.6 is 0 Å². The number of unbranched alkanes of at least 4 members (excludes halogenated alkanes) is 16. The summed E-state index contributed by atoms with van der Waals surface area (Å²) in [6, 6.07) is 0. The number of rotatable bonds is 27. The number of aliphatic imine (C=N–C) groups is 1. The summed E-state index contributed by atoms with van der Waals surface area (Å²) in [5, 5.41) is 29.9. The summed E-state index contributed by atoms with van der Waals surface area (Å²) >= 11 is 0. The topological polar surface area (TPSA) is 99.4 Å². The van der Waals surface area contributed by atoms with Crippen molar-refractivity contribution in [2.75, 3.05) is 19.8 Å². The number of aliphatic hydroxyl groups excluding tert-OH is 3. The first-order valence-electron chi connectivity index (χ1n) is 16.4. The minimum absolute atomic E-state index is 0.304. The number of ether oxygens (including phenoxy) is 1. The van der Waals surface area contributed by atoms with Crippen molar-refractivity contribution in [1.82, 2.24) is 0 Å². The van der Waals surface area contributed by atoms with Crippen molar-refractivity contribution in [2.45, 2.75) is 154 Å². The molecule has 0 saturated heterocycles. The van der Waals surface area contributed by atoms with E-state index in [0.717, 1.165) is 25.7 Å². The van der Waals surface area contributed by atoms with Crippen LogP contribution in [0.5, 0.6) is 0 Å². The monoisotopic (exact) mass is 551 g/mol. The van der Waals surface area contributed by atoms with E-state index in [1.807, 2.05) is 0 Å². The number of carbonyl (C=O) groups excluding carboxylic acids is 1. The first-order valence-corrected chi connectivity index (χ1v) is 16.4. The average Bonchev–Trinajstić information content (AvgIpc) is 3.45. The third-order valence-corrected chi connectivity index (χ3v) is 8.30. The molecule has 1 aliphatic rings. The minimum atomic E-state index is -1.59. The molecule has 228 valence electrons. The van der Waals surface area contributed by atoms with E-state index in [0.29, 0.717) is 12.5 Å². The van der Waals surface area contributed by atoms with E-state index in [1.54, 1.807) is 6.08 Å². The molecule has 3 unspecified atom stereocenters. The zero-order chi connectivity index (χ0) is 28.6. The van der Waals surface area contributed by atoms with E-state index < -0.39 is 36.7 Å². The van der Waals surface area contributed by atoms with E-state index in [4.69, 9.17) is 4.74 Å². The molecular weight excluding hydrogens is 490 g/mol. The first-order chi connectivity index (χ1) is 19.1. The molecule has 0 aliphatic carbocycles. The molecule has 1 rings (SSSR count). The van der Waals surface area contributed by atoms with Crippen LogP contribution in [0.4, 0.5) is 0 Å². The summed E-state index contributed by atoms with van der Waals surface area (Å²) in [4.78, 5) is 17.4. The number of aliphatic hydroxyl groups is 3. The van der Waals surface area contributed by atoms with Crippen LogP contribution in [-0.4, -0.2) is 59.0 Å². The molecule has 6 nitrogen and oxygen atoms in total. The summed E-state index contributed by atoms with van der Waals surface area (Å²) < 4.78 is 5.79. The Hall–Kier alpha value is -1.24. The number of hydrogen-bond donors (Lipinski definition) is 3. The van der Waals surface area contributed by atoms with Gasteiger partial charge in [0.1, 0.15) is 6.10 Å². The number of esters is 1. The van der Waals surface area contributed by atoms with Gasteiger partial charge in [0.05, 0.1) is 19.8 Å². The molecule has 0 saturated carbocycles. The molecule has 0 aromatic carbocycles. The maximum Gasteiger partial charge on any atom is 0.340 e. The van der Waals surface area contributed by atoms with Gasteiger partial charge in [-0.2, -0.15) is 0 Å². The van der Waals surface area contributed by atoms with Gasteiger partial charge in [-0.25, -0.2) is 4.79 Å². The average molecular weight is 552 g/mol. The normalized spacial score (nSPS) is 18.2. The van der Waals surface area contributed by atoms with Crippen molar-refractivity contribution in [3.8, 4) is 0 Å². The highest BCUT2D eigenvalue weighted by Crippen LogP contribution is 2.29. The molecule has 0 spiro atoms. The highest BCUT2D eigenvalue weighted by molar-refractivity contribution is 5.92. The van der Waals surface area contributed by atoms with Crippen molar-refractivity contribution in [1.29, 1.82) is 0 Å². The second-order valence-electron chi connectivity index (χ2n) is 11.7. The predicted octanol–water partition coefficient (Wildman–Crippen LogP) is 7.33. The van der Waals surface area contributed by atoms with Gasteiger partial charge in [-0.05, 0) is 30.9 Å². The van der Waals surface area contributed by atoms with Gasteiger partial charge in [0.15, 0.2) is 0 Å². The Bertz CT molecular complexity index is 634. The fourth-order valence-corrected chi connectivity index (χ4v) is 5.54. The van der Waals surface area contributed by atoms with E-state index >= 15 is 0 Å². The van der Waals surface area contributed by atoms with Gasteiger partial charge in [0.25, 0.3) is 0 Å². The molecule has 3 N–H and O–H groups in total. The van der Waals surface area contributed by atoms with Crippen molar-refractivity contribution in [3.63, 3.8) is 0 Å². The second kappa shape index (κ2) is 23.5. The Morgan fingerprint density at radius 3 is 1.56 bits per heavy atom. The number of nitrogens with zero attached hydrogens (tertiary/aromatic N) is 1. The molecule has 0 fully saturated rings. The number of allylic oxidation sites excluding steroid dienone is 1. The lowest BCUT2D eigenvalue weighted by Crippen LogP contribution is -2.52. The molecule has 0 aromatic heterocycles. The molecule has 3 atom stereocenters. The quantitative estimate of drug-likeness (QED) is 0.0733. The third-order valence-electron chi connectivity index (χ3n) is 8.30. The molecule has 0 aromatic rings. The Labute approximate surface area is 239 Å². The summed E-state index contributed by atoms with van der Waals surface area (Å²) in [5.74, 6) is -1.16. The molecule has 6 heteroatoms. The summed E-state index contributed by atoms with van der Waals surface area (Å²) in [5.41, 5.74) is -1.59. The van der Waals surface area contributed by atoms with Gasteiger partial charge in [-0.3, -0.25) is 4.99 Å². The predicted molar refractivity (Wildman–Crippen MR) is 162 cm³/mol. The summed E-state index contributed by atoms with van der Waals surface area (Å²) in [7, 11) is 0. The molecule has 0 bridgehead atoms. The van der Waals surface area contributed by atoms with Gasteiger partial charge in [0.2, 0.25) is 5.54 Å². The minimum Gasteiger partial charge on any atom is -0.463 e. The van der Waals surface area contributed by atoms with E-state index in [1.165, 1.54) is 115 Å². The third kappa shape index (κ3) is 14.8.